The van der Waals surface area contributed by atoms with Crippen LogP contribution >= 0.6 is 0 Å². The summed E-state index contributed by atoms with van der Waals surface area (Å²) >= 11 is 0. The number of benzene rings is 1. The number of nitrogens with zero attached hydrogens (tertiary/aromatic N) is 5. The second-order valence-electron chi connectivity index (χ2n) is 6.86. The molecule has 0 aliphatic heterocycles. The first-order valence-corrected chi connectivity index (χ1v) is 10.9. The van der Waals surface area contributed by atoms with Crippen LogP contribution in [-0.2, 0) is 10.0 Å². The second-order valence-corrected chi connectivity index (χ2v) is 8.75. The number of imidazole rings is 1. The van der Waals surface area contributed by atoms with E-state index in [9.17, 15) is 8.42 Å². The zero-order valence-corrected chi connectivity index (χ0v) is 18.1. The smallest absolute Gasteiger partial charge is 0.282 e. The molecule has 4 aromatic rings. The number of sulfonamides is 1. The van der Waals surface area contributed by atoms with Gasteiger partial charge in [0.2, 0.25) is 0 Å². The first-order chi connectivity index (χ1) is 14.9. The van der Waals surface area contributed by atoms with E-state index >= 15 is 0 Å². The topological polar surface area (TPSA) is 89.2 Å². The van der Waals surface area contributed by atoms with Crippen molar-refractivity contribution in [2.75, 3.05) is 14.2 Å². The maximum Gasteiger partial charge on any atom is 0.282 e. The fraction of sp³-hybridized carbons (Fsp3) is 0.136. The lowest BCUT2D eigenvalue weighted by atomic mass is 10.1. The summed E-state index contributed by atoms with van der Waals surface area (Å²) in [6.45, 7) is 1.72. The Bertz CT molecular complexity index is 1360. The predicted molar refractivity (Wildman–Crippen MR) is 119 cm³/mol. The van der Waals surface area contributed by atoms with E-state index in [1.54, 1.807) is 43.7 Å². The molecule has 0 aliphatic carbocycles. The maximum absolute atomic E-state index is 13.1. The zero-order valence-electron chi connectivity index (χ0n) is 17.3. The molecular weight excluding hydrogens is 414 g/mol. The van der Waals surface area contributed by atoms with Gasteiger partial charge < -0.3 is 4.74 Å². The van der Waals surface area contributed by atoms with Crippen molar-refractivity contribution < 1.29 is 13.2 Å². The van der Waals surface area contributed by atoms with Crippen LogP contribution < -0.4 is 4.74 Å². The minimum absolute atomic E-state index is 0.0918. The second kappa shape index (κ2) is 8.19. The van der Waals surface area contributed by atoms with Crippen molar-refractivity contribution in [2.45, 2.75) is 11.8 Å². The van der Waals surface area contributed by atoms with Crippen LogP contribution in [0.15, 0.2) is 77.2 Å². The minimum Gasteiger partial charge on any atom is -0.495 e. The molecule has 3 heterocycles. The number of aromatic nitrogens is 3. The summed E-state index contributed by atoms with van der Waals surface area (Å²) in [6.07, 6.45) is 8.52. The van der Waals surface area contributed by atoms with Gasteiger partial charge in [0, 0.05) is 36.8 Å². The predicted octanol–water partition coefficient (Wildman–Crippen LogP) is 3.37. The summed E-state index contributed by atoms with van der Waals surface area (Å²) in [6, 6.07) is 12.8. The van der Waals surface area contributed by atoms with Crippen LogP contribution in [-0.4, -0.2) is 47.6 Å². The Labute approximate surface area is 180 Å². The van der Waals surface area contributed by atoms with Crippen LogP contribution in [0.1, 0.15) is 11.3 Å². The highest BCUT2D eigenvalue weighted by Gasteiger charge is 2.26. The zero-order chi connectivity index (χ0) is 22.0. The molecule has 4 rings (SSSR count). The molecule has 0 spiro atoms. The lowest BCUT2D eigenvalue weighted by Gasteiger charge is -2.17. The Kier molecular flexibility index (Phi) is 5.43. The Morgan fingerprint density at radius 1 is 1.10 bits per heavy atom. The third-order valence-electron chi connectivity index (χ3n) is 4.88. The normalized spacial score (nSPS) is 11.8. The lowest BCUT2D eigenvalue weighted by Crippen LogP contribution is -2.23. The van der Waals surface area contributed by atoms with Gasteiger partial charge in [0.15, 0.2) is 0 Å². The number of rotatable bonds is 6. The summed E-state index contributed by atoms with van der Waals surface area (Å²) in [5.74, 6) is 0.276. The highest BCUT2D eigenvalue weighted by molar-refractivity contribution is 7.89. The fourth-order valence-electron chi connectivity index (χ4n) is 3.25. The molecule has 0 fully saturated rings. The quantitative estimate of drug-likeness (QED) is 0.342. The summed E-state index contributed by atoms with van der Waals surface area (Å²) in [5.41, 5.74) is 3.86. The van der Waals surface area contributed by atoms with E-state index in [0.717, 1.165) is 21.2 Å². The van der Waals surface area contributed by atoms with Crippen molar-refractivity contribution >= 4 is 21.9 Å². The lowest BCUT2D eigenvalue weighted by molar-refractivity contribution is 0.398. The SMILES string of the molecule is COc1cccc(C)c1S(=O)(=O)N(C)N=Cc1cnc2ccc(-c3cccnc3)cn12. The highest BCUT2D eigenvalue weighted by Crippen LogP contribution is 2.29. The van der Waals surface area contributed by atoms with Gasteiger partial charge in [-0.2, -0.15) is 17.9 Å². The van der Waals surface area contributed by atoms with Crippen LogP contribution in [0, 0.1) is 6.92 Å². The van der Waals surface area contributed by atoms with Crippen LogP contribution in [0.25, 0.3) is 16.8 Å². The maximum atomic E-state index is 13.1. The van der Waals surface area contributed by atoms with E-state index in [2.05, 4.69) is 15.1 Å². The van der Waals surface area contributed by atoms with E-state index < -0.39 is 10.0 Å². The van der Waals surface area contributed by atoms with Crippen molar-refractivity contribution in [3.05, 3.63) is 78.5 Å². The van der Waals surface area contributed by atoms with E-state index in [1.807, 2.05) is 34.9 Å². The summed E-state index contributed by atoms with van der Waals surface area (Å²) < 4.78 is 34.2. The Morgan fingerprint density at radius 3 is 2.68 bits per heavy atom. The summed E-state index contributed by atoms with van der Waals surface area (Å²) in [7, 11) is -1.07. The van der Waals surface area contributed by atoms with E-state index in [-0.39, 0.29) is 10.6 Å². The van der Waals surface area contributed by atoms with Gasteiger partial charge in [-0.3, -0.25) is 9.38 Å². The highest BCUT2D eigenvalue weighted by atomic mass is 32.2. The number of pyridine rings is 2. The summed E-state index contributed by atoms with van der Waals surface area (Å²) in [5, 5.41) is 4.18. The van der Waals surface area contributed by atoms with Gasteiger partial charge in [-0.25, -0.2) is 4.98 Å². The first kappa shape index (κ1) is 20.5. The van der Waals surface area contributed by atoms with Crippen molar-refractivity contribution in [1.82, 2.24) is 18.8 Å². The third kappa shape index (κ3) is 3.87. The average molecular weight is 436 g/mol. The molecule has 9 heteroatoms. The summed E-state index contributed by atoms with van der Waals surface area (Å²) in [4.78, 5) is 8.61. The van der Waals surface area contributed by atoms with Gasteiger partial charge in [-0.05, 0) is 36.8 Å². The Morgan fingerprint density at radius 2 is 1.94 bits per heavy atom. The molecule has 8 nitrogen and oxygen atoms in total. The number of hydrazone groups is 1. The number of aryl methyl sites for hydroxylation is 1. The van der Waals surface area contributed by atoms with Gasteiger partial charge in [0.05, 0.1) is 25.2 Å². The van der Waals surface area contributed by atoms with Gasteiger partial charge in [0.25, 0.3) is 10.0 Å². The van der Waals surface area contributed by atoms with E-state index in [1.165, 1.54) is 20.4 Å². The number of hydrogen-bond donors (Lipinski definition) is 0. The molecule has 0 aliphatic rings. The minimum atomic E-state index is -3.90. The van der Waals surface area contributed by atoms with Crippen LogP contribution in [0.4, 0.5) is 0 Å². The molecule has 0 amide bonds. The van der Waals surface area contributed by atoms with Gasteiger partial charge >= 0.3 is 0 Å². The molecule has 0 saturated heterocycles. The van der Waals surface area contributed by atoms with Crippen LogP contribution in [0.3, 0.4) is 0 Å². The van der Waals surface area contributed by atoms with Crippen molar-refractivity contribution in [3.63, 3.8) is 0 Å². The van der Waals surface area contributed by atoms with Gasteiger partial charge in [-0.1, -0.05) is 18.2 Å². The fourth-order valence-corrected chi connectivity index (χ4v) is 4.57. The van der Waals surface area contributed by atoms with Gasteiger partial charge in [-0.15, -0.1) is 0 Å². The number of hydrogen-bond acceptors (Lipinski definition) is 6. The van der Waals surface area contributed by atoms with E-state index in [4.69, 9.17) is 4.74 Å². The van der Waals surface area contributed by atoms with Crippen molar-refractivity contribution in [2.24, 2.45) is 5.10 Å². The van der Waals surface area contributed by atoms with Crippen LogP contribution in [0.5, 0.6) is 5.75 Å². The molecule has 0 unspecified atom stereocenters. The largest absolute Gasteiger partial charge is 0.495 e. The Balaban J connectivity index is 1.68. The Hall–Kier alpha value is -3.72. The molecule has 1 aromatic carbocycles. The van der Waals surface area contributed by atoms with Gasteiger partial charge in [0.1, 0.15) is 16.3 Å². The molecular formula is C22H21N5O3S. The third-order valence-corrected chi connectivity index (χ3v) is 6.71. The molecule has 0 saturated carbocycles. The van der Waals surface area contributed by atoms with Crippen molar-refractivity contribution in [1.29, 1.82) is 0 Å². The standard InChI is InChI=1S/C22H21N5O3S/c1-16-6-4-8-20(30-3)22(16)31(28,29)26(2)25-14-19-13-24-21-10-9-18(15-27(19)21)17-7-5-11-23-12-17/h4-15H,1-3H3. The molecule has 0 radical (unpaired) electrons. The molecule has 0 atom stereocenters. The number of fused-ring (bicyclic) bond motifs is 1. The number of ether oxygens (including phenoxy) is 1. The molecule has 31 heavy (non-hydrogen) atoms. The average Bonchev–Trinajstić information content (AvgIpc) is 3.19. The molecule has 3 aromatic heterocycles. The molecule has 158 valence electrons. The van der Waals surface area contributed by atoms with E-state index in [0.29, 0.717) is 11.3 Å². The first-order valence-electron chi connectivity index (χ1n) is 9.46. The monoisotopic (exact) mass is 435 g/mol. The molecule has 0 N–H and O–H groups in total. The van der Waals surface area contributed by atoms with Crippen molar-refractivity contribution in [3.8, 4) is 16.9 Å². The number of methoxy groups -OCH3 is 1. The molecule has 0 bridgehead atoms. The van der Waals surface area contributed by atoms with Crippen LogP contribution in [0.2, 0.25) is 0 Å².